The van der Waals surface area contributed by atoms with Crippen LogP contribution in [0.15, 0.2) is 84.1 Å². The van der Waals surface area contributed by atoms with Gasteiger partial charge in [-0.3, -0.25) is 9.36 Å². The van der Waals surface area contributed by atoms with Gasteiger partial charge < -0.3 is 19.8 Å². The van der Waals surface area contributed by atoms with Crippen molar-refractivity contribution in [1.82, 2.24) is 19.7 Å². The van der Waals surface area contributed by atoms with Gasteiger partial charge in [0.2, 0.25) is 5.91 Å². The number of fused-ring (bicyclic) bond motifs is 1. The van der Waals surface area contributed by atoms with Gasteiger partial charge >= 0.3 is 0 Å². The first-order valence-electron chi connectivity index (χ1n) is 11.5. The van der Waals surface area contributed by atoms with E-state index >= 15 is 0 Å². The minimum Gasteiger partial charge on any atom is -0.497 e. The van der Waals surface area contributed by atoms with Crippen molar-refractivity contribution >= 4 is 34.3 Å². The van der Waals surface area contributed by atoms with Crippen LogP contribution in [0.4, 0.5) is 5.69 Å². The van der Waals surface area contributed by atoms with Gasteiger partial charge in [0.15, 0.2) is 11.0 Å². The van der Waals surface area contributed by atoms with E-state index in [0.29, 0.717) is 23.3 Å². The lowest BCUT2D eigenvalue weighted by Crippen LogP contribution is -2.14. The van der Waals surface area contributed by atoms with Crippen LogP contribution in [0.1, 0.15) is 6.92 Å². The van der Waals surface area contributed by atoms with E-state index in [2.05, 4.69) is 20.5 Å². The van der Waals surface area contributed by atoms with Crippen LogP contribution in [0.2, 0.25) is 0 Å². The molecule has 8 nitrogen and oxygen atoms in total. The number of nitrogens with one attached hydrogen (secondary N) is 2. The maximum absolute atomic E-state index is 12.7. The number of hydrogen-bond donors (Lipinski definition) is 2. The van der Waals surface area contributed by atoms with E-state index in [9.17, 15) is 4.79 Å². The molecule has 0 unspecified atom stereocenters. The van der Waals surface area contributed by atoms with Crippen LogP contribution in [0, 0.1) is 0 Å². The lowest BCUT2D eigenvalue weighted by molar-refractivity contribution is -0.113. The van der Waals surface area contributed by atoms with Gasteiger partial charge in [0.25, 0.3) is 0 Å². The van der Waals surface area contributed by atoms with Gasteiger partial charge in [-0.1, -0.05) is 36.0 Å². The molecule has 182 valence electrons. The topological polar surface area (TPSA) is 94.1 Å². The van der Waals surface area contributed by atoms with Crippen molar-refractivity contribution in [3.8, 4) is 28.6 Å². The smallest absolute Gasteiger partial charge is 0.234 e. The number of aromatic amines is 1. The van der Waals surface area contributed by atoms with Crippen molar-refractivity contribution in [2.75, 3.05) is 24.8 Å². The maximum Gasteiger partial charge on any atom is 0.234 e. The zero-order valence-electron chi connectivity index (χ0n) is 19.9. The summed E-state index contributed by atoms with van der Waals surface area (Å²) in [4.78, 5) is 16.0. The highest BCUT2D eigenvalue weighted by atomic mass is 32.2. The minimum absolute atomic E-state index is 0.141. The number of methoxy groups -OCH3 is 1. The lowest BCUT2D eigenvalue weighted by Gasteiger charge is -2.11. The normalized spacial score (nSPS) is 10.9. The molecule has 1 amide bonds. The van der Waals surface area contributed by atoms with E-state index in [1.807, 2.05) is 90.5 Å². The number of amides is 1. The molecule has 5 aromatic rings. The molecule has 0 saturated carbocycles. The fourth-order valence-corrected chi connectivity index (χ4v) is 4.66. The van der Waals surface area contributed by atoms with Gasteiger partial charge in [0, 0.05) is 34.4 Å². The largest absolute Gasteiger partial charge is 0.497 e. The van der Waals surface area contributed by atoms with E-state index in [-0.39, 0.29) is 11.7 Å². The Morgan fingerprint density at radius 2 is 1.86 bits per heavy atom. The average Bonchev–Trinajstić information content (AvgIpc) is 3.53. The van der Waals surface area contributed by atoms with Crippen molar-refractivity contribution in [1.29, 1.82) is 0 Å². The number of anilines is 1. The minimum atomic E-state index is -0.141. The van der Waals surface area contributed by atoms with Crippen LogP contribution in [0.5, 0.6) is 11.5 Å². The number of rotatable bonds is 9. The summed E-state index contributed by atoms with van der Waals surface area (Å²) in [7, 11) is 1.63. The first-order chi connectivity index (χ1) is 17.7. The summed E-state index contributed by atoms with van der Waals surface area (Å²) in [5.74, 6) is 2.19. The van der Waals surface area contributed by atoms with Crippen molar-refractivity contribution < 1.29 is 14.3 Å². The number of carbonyl (C=O) groups excluding carboxylic acids is 1. The quantitative estimate of drug-likeness (QED) is 0.258. The first-order valence-corrected chi connectivity index (χ1v) is 12.5. The van der Waals surface area contributed by atoms with E-state index < -0.39 is 0 Å². The fourth-order valence-electron chi connectivity index (χ4n) is 3.91. The highest BCUT2D eigenvalue weighted by Crippen LogP contribution is 2.33. The maximum atomic E-state index is 12.7. The first kappa shape index (κ1) is 23.5. The van der Waals surface area contributed by atoms with Gasteiger partial charge in [-0.2, -0.15) is 0 Å². The summed E-state index contributed by atoms with van der Waals surface area (Å²) in [5, 5.41) is 13.5. The van der Waals surface area contributed by atoms with Crippen LogP contribution in [0.25, 0.3) is 28.0 Å². The number of nitrogens with zero attached hydrogens (tertiary/aromatic N) is 3. The number of thioether (sulfide) groups is 1. The molecule has 0 bridgehead atoms. The number of carbonyl (C=O) groups is 1. The molecule has 0 aliphatic heterocycles. The van der Waals surface area contributed by atoms with Crippen molar-refractivity contribution in [2.24, 2.45) is 0 Å². The summed E-state index contributed by atoms with van der Waals surface area (Å²) in [6, 6.07) is 23.0. The number of hydrogen-bond acceptors (Lipinski definition) is 6. The summed E-state index contributed by atoms with van der Waals surface area (Å²) in [5.41, 5.74) is 3.48. The molecule has 9 heteroatoms. The third-order valence-electron chi connectivity index (χ3n) is 5.56. The zero-order chi connectivity index (χ0) is 24.9. The number of ether oxygens (including phenoxy) is 2. The van der Waals surface area contributed by atoms with Crippen LogP contribution < -0.4 is 14.8 Å². The number of aromatic nitrogens is 4. The molecular formula is C27H25N5O3S. The Kier molecular flexibility index (Phi) is 6.90. The molecule has 0 saturated heterocycles. The predicted octanol–water partition coefficient (Wildman–Crippen LogP) is 5.55. The third-order valence-corrected chi connectivity index (χ3v) is 6.49. The van der Waals surface area contributed by atoms with E-state index in [4.69, 9.17) is 9.47 Å². The third kappa shape index (κ3) is 4.92. The molecule has 0 aliphatic rings. The van der Waals surface area contributed by atoms with E-state index in [1.165, 1.54) is 11.8 Å². The summed E-state index contributed by atoms with van der Waals surface area (Å²) in [6.45, 7) is 2.53. The molecule has 5 rings (SSSR count). The van der Waals surface area contributed by atoms with E-state index in [0.717, 1.165) is 33.7 Å². The molecule has 2 heterocycles. The molecule has 0 radical (unpaired) electrons. The Balaban J connectivity index is 1.42. The van der Waals surface area contributed by atoms with Gasteiger partial charge in [-0.15, -0.1) is 10.2 Å². The van der Waals surface area contributed by atoms with Crippen LogP contribution >= 0.6 is 11.8 Å². The highest BCUT2D eigenvalue weighted by Gasteiger charge is 2.20. The monoisotopic (exact) mass is 499 g/mol. The standard InChI is InChI=1S/C27H25N5O3S/c1-3-35-20-13-11-18(12-14-20)29-25(33)17-36-27-31-30-26(23-16-28-24-10-5-4-9-22(23)24)32(27)19-7-6-8-21(15-19)34-2/h4-16,28H,3,17H2,1-2H3,(H,29,33). The summed E-state index contributed by atoms with van der Waals surface area (Å²) < 4.78 is 12.8. The number of benzene rings is 3. The fraction of sp³-hybridized carbons (Fsp3) is 0.148. The number of H-pyrrole nitrogens is 1. The van der Waals surface area contributed by atoms with E-state index in [1.54, 1.807) is 7.11 Å². The van der Waals surface area contributed by atoms with Crippen LogP contribution in [-0.4, -0.2) is 45.1 Å². The second-order valence-electron chi connectivity index (χ2n) is 7.89. The Labute approximate surface area is 212 Å². The second kappa shape index (κ2) is 10.6. The lowest BCUT2D eigenvalue weighted by atomic mass is 10.1. The molecule has 0 atom stereocenters. The molecule has 36 heavy (non-hydrogen) atoms. The number of para-hydroxylation sites is 1. The average molecular weight is 500 g/mol. The molecular weight excluding hydrogens is 474 g/mol. The van der Waals surface area contributed by atoms with Gasteiger partial charge in [0.05, 0.1) is 25.2 Å². The highest BCUT2D eigenvalue weighted by molar-refractivity contribution is 7.99. The van der Waals surface area contributed by atoms with Crippen molar-refractivity contribution in [3.63, 3.8) is 0 Å². The van der Waals surface area contributed by atoms with Gasteiger partial charge in [-0.05, 0) is 49.4 Å². The van der Waals surface area contributed by atoms with Crippen molar-refractivity contribution in [2.45, 2.75) is 12.1 Å². The Hall–Kier alpha value is -4.24. The molecule has 0 spiro atoms. The summed E-state index contributed by atoms with van der Waals surface area (Å²) in [6.07, 6.45) is 1.93. The van der Waals surface area contributed by atoms with Gasteiger partial charge in [-0.25, -0.2) is 0 Å². The Morgan fingerprint density at radius 1 is 1.03 bits per heavy atom. The molecule has 3 aromatic carbocycles. The SMILES string of the molecule is CCOc1ccc(NC(=O)CSc2nnc(-c3c[nH]c4ccccc34)n2-c2cccc(OC)c2)cc1. The molecule has 0 aliphatic carbocycles. The second-order valence-corrected chi connectivity index (χ2v) is 8.83. The van der Waals surface area contributed by atoms with Gasteiger partial charge in [0.1, 0.15) is 11.5 Å². The van der Waals surface area contributed by atoms with Crippen LogP contribution in [0.3, 0.4) is 0 Å². The molecule has 2 N–H and O–H groups in total. The predicted molar refractivity (Wildman–Crippen MR) is 142 cm³/mol. The Morgan fingerprint density at radius 3 is 2.67 bits per heavy atom. The zero-order valence-corrected chi connectivity index (χ0v) is 20.7. The molecule has 0 fully saturated rings. The summed E-state index contributed by atoms with van der Waals surface area (Å²) >= 11 is 1.32. The van der Waals surface area contributed by atoms with Crippen LogP contribution in [-0.2, 0) is 4.79 Å². The Bertz CT molecular complexity index is 1490. The van der Waals surface area contributed by atoms with Crippen molar-refractivity contribution in [3.05, 3.63) is 79.0 Å². The molecule has 2 aromatic heterocycles.